The van der Waals surface area contributed by atoms with Gasteiger partial charge in [0.05, 0.1) is 10.0 Å². The first kappa shape index (κ1) is 13.5. The Kier molecular flexibility index (Phi) is 5.00. The highest BCUT2D eigenvalue weighted by Gasteiger charge is 2.24. The van der Waals surface area contributed by atoms with Crippen LogP contribution >= 0.6 is 35.0 Å². The zero-order valence-electron chi connectivity index (χ0n) is 9.46. The van der Waals surface area contributed by atoms with Gasteiger partial charge in [-0.05, 0) is 48.0 Å². The lowest BCUT2D eigenvalue weighted by molar-refractivity contribution is 0.386. The first-order valence-corrected chi connectivity index (χ1v) is 7.59. The molecule has 0 spiro atoms. The molecule has 1 aromatic rings. The zero-order chi connectivity index (χ0) is 12.3. The third kappa shape index (κ3) is 3.52. The van der Waals surface area contributed by atoms with E-state index in [1.54, 1.807) is 0 Å². The molecular weight excluding hydrogens is 275 g/mol. The van der Waals surface area contributed by atoms with E-state index in [0.717, 1.165) is 6.42 Å². The van der Waals surface area contributed by atoms with E-state index in [2.05, 4.69) is 5.43 Å². The van der Waals surface area contributed by atoms with Crippen molar-refractivity contribution in [3.05, 3.63) is 33.8 Å². The van der Waals surface area contributed by atoms with E-state index in [1.165, 1.54) is 23.5 Å². The molecule has 1 aliphatic rings. The van der Waals surface area contributed by atoms with Gasteiger partial charge in [-0.1, -0.05) is 29.3 Å². The number of hydrogen-bond acceptors (Lipinski definition) is 3. The number of hydrazine groups is 1. The Morgan fingerprint density at radius 2 is 2.24 bits per heavy atom. The largest absolute Gasteiger partial charge is 0.271 e. The number of hydrogen-bond donors (Lipinski definition) is 2. The molecule has 1 heterocycles. The lowest BCUT2D eigenvalue weighted by Crippen LogP contribution is -2.42. The maximum atomic E-state index is 6.01. The summed E-state index contributed by atoms with van der Waals surface area (Å²) in [4.78, 5) is 0. The molecule has 2 nitrogen and oxygen atoms in total. The second-order valence-electron chi connectivity index (χ2n) is 4.35. The van der Waals surface area contributed by atoms with E-state index in [0.29, 0.717) is 22.0 Å². The summed E-state index contributed by atoms with van der Waals surface area (Å²) in [6.45, 7) is 0. The second-order valence-corrected chi connectivity index (χ2v) is 6.31. The number of halogens is 2. The standard InChI is InChI=1S/C12H16Cl2N2S/c13-10-2-1-8(5-11(10)14)6-12(16-15)9-3-4-17-7-9/h1-2,5,9,12,16H,3-4,6-7,15H2. The van der Waals surface area contributed by atoms with Crippen molar-refractivity contribution in [3.8, 4) is 0 Å². The van der Waals surface area contributed by atoms with Gasteiger partial charge in [-0.25, -0.2) is 0 Å². The highest BCUT2D eigenvalue weighted by Crippen LogP contribution is 2.29. The molecule has 0 aliphatic carbocycles. The maximum Gasteiger partial charge on any atom is 0.0595 e. The summed E-state index contributed by atoms with van der Waals surface area (Å²) in [7, 11) is 0. The smallest absolute Gasteiger partial charge is 0.0595 e. The van der Waals surface area contributed by atoms with Crippen molar-refractivity contribution in [2.45, 2.75) is 18.9 Å². The molecule has 0 radical (unpaired) electrons. The summed E-state index contributed by atoms with van der Waals surface area (Å²) in [5.41, 5.74) is 4.12. The second kappa shape index (κ2) is 6.30. The molecule has 1 saturated heterocycles. The van der Waals surface area contributed by atoms with Gasteiger partial charge in [-0.15, -0.1) is 0 Å². The van der Waals surface area contributed by atoms with Crippen LogP contribution in [0.5, 0.6) is 0 Å². The number of benzene rings is 1. The average Bonchev–Trinajstić information content (AvgIpc) is 2.84. The minimum absolute atomic E-state index is 0.322. The molecule has 2 unspecified atom stereocenters. The Bertz CT molecular complexity index is 381. The van der Waals surface area contributed by atoms with Crippen molar-refractivity contribution in [3.63, 3.8) is 0 Å². The van der Waals surface area contributed by atoms with Crippen molar-refractivity contribution in [1.82, 2.24) is 5.43 Å². The van der Waals surface area contributed by atoms with Crippen molar-refractivity contribution in [1.29, 1.82) is 0 Å². The molecule has 1 fully saturated rings. The van der Waals surface area contributed by atoms with Crippen LogP contribution in [0, 0.1) is 5.92 Å². The SMILES string of the molecule is NNC(Cc1ccc(Cl)c(Cl)c1)C1CCSC1. The predicted molar refractivity (Wildman–Crippen MR) is 76.7 cm³/mol. The molecule has 5 heteroatoms. The van der Waals surface area contributed by atoms with Crippen molar-refractivity contribution >= 4 is 35.0 Å². The number of rotatable bonds is 4. The number of nitrogens with two attached hydrogens (primary N) is 1. The molecule has 0 bridgehead atoms. The number of thioether (sulfide) groups is 1. The van der Waals surface area contributed by atoms with Crippen LogP contribution in [0.2, 0.25) is 10.0 Å². The lowest BCUT2D eigenvalue weighted by atomic mass is 9.93. The van der Waals surface area contributed by atoms with Crippen LogP contribution in [0.15, 0.2) is 18.2 Å². The van der Waals surface area contributed by atoms with E-state index in [4.69, 9.17) is 29.0 Å². The van der Waals surface area contributed by atoms with E-state index >= 15 is 0 Å². The Morgan fingerprint density at radius 1 is 1.41 bits per heavy atom. The van der Waals surface area contributed by atoms with Gasteiger partial charge in [0, 0.05) is 6.04 Å². The molecule has 1 aromatic carbocycles. The highest BCUT2D eigenvalue weighted by molar-refractivity contribution is 7.99. The first-order valence-electron chi connectivity index (χ1n) is 5.68. The first-order chi connectivity index (χ1) is 8.20. The van der Waals surface area contributed by atoms with E-state index in [-0.39, 0.29) is 0 Å². The van der Waals surface area contributed by atoms with Gasteiger partial charge in [-0.3, -0.25) is 11.3 Å². The summed E-state index contributed by atoms with van der Waals surface area (Å²) >= 11 is 13.9. The number of nitrogens with one attached hydrogen (secondary N) is 1. The summed E-state index contributed by atoms with van der Waals surface area (Å²) in [5.74, 6) is 8.73. The highest BCUT2D eigenvalue weighted by atomic mass is 35.5. The topological polar surface area (TPSA) is 38.0 Å². The molecule has 94 valence electrons. The monoisotopic (exact) mass is 290 g/mol. The molecule has 2 atom stereocenters. The Balaban J connectivity index is 2.04. The van der Waals surface area contributed by atoms with Gasteiger partial charge >= 0.3 is 0 Å². The van der Waals surface area contributed by atoms with Gasteiger partial charge < -0.3 is 0 Å². The van der Waals surface area contributed by atoms with E-state index < -0.39 is 0 Å². The molecule has 3 N–H and O–H groups in total. The van der Waals surface area contributed by atoms with Crippen LogP contribution in [-0.4, -0.2) is 17.5 Å². The molecule has 0 amide bonds. The lowest BCUT2D eigenvalue weighted by Gasteiger charge is -2.22. The van der Waals surface area contributed by atoms with Crippen LogP contribution in [0.25, 0.3) is 0 Å². The fourth-order valence-corrected chi connectivity index (χ4v) is 3.81. The van der Waals surface area contributed by atoms with Crippen molar-refractivity contribution < 1.29 is 0 Å². The quantitative estimate of drug-likeness (QED) is 0.661. The zero-order valence-corrected chi connectivity index (χ0v) is 11.8. The maximum absolute atomic E-state index is 6.01. The third-order valence-electron chi connectivity index (χ3n) is 3.19. The Morgan fingerprint density at radius 3 is 2.82 bits per heavy atom. The fourth-order valence-electron chi connectivity index (χ4n) is 2.15. The molecule has 0 saturated carbocycles. The van der Waals surface area contributed by atoms with Crippen molar-refractivity contribution in [2.24, 2.45) is 11.8 Å². The van der Waals surface area contributed by atoms with Gasteiger partial charge in [0.1, 0.15) is 0 Å². The van der Waals surface area contributed by atoms with Gasteiger partial charge in [-0.2, -0.15) is 11.8 Å². The van der Waals surface area contributed by atoms with Gasteiger partial charge in [0.15, 0.2) is 0 Å². The minimum atomic E-state index is 0.322. The summed E-state index contributed by atoms with van der Waals surface area (Å²) in [5, 5.41) is 1.21. The van der Waals surface area contributed by atoms with Crippen LogP contribution in [0.1, 0.15) is 12.0 Å². The molecule has 1 aliphatic heterocycles. The molecule has 17 heavy (non-hydrogen) atoms. The van der Waals surface area contributed by atoms with Gasteiger partial charge in [0.25, 0.3) is 0 Å². The predicted octanol–water partition coefficient (Wildman–Crippen LogP) is 3.12. The van der Waals surface area contributed by atoms with Crippen molar-refractivity contribution in [2.75, 3.05) is 11.5 Å². The summed E-state index contributed by atoms with van der Waals surface area (Å²) in [6, 6.07) is 6.11. The Labute approximate surface area is 116 Å². The van der Waals surface area contributed by atoms with E-state index in [1.807, 2.05) is 30.0 Å². The fraction of sp³-hybridized carbons (Fsp3) is 0.500. The van der Waals surface area contributed by atoms with Crippen LogP contribution in [-0.2, 0) is 6.42 Å². The Hall–Kier alpha value is 0.0700. The molecule has 0 aromatic heterocycles. The van der Waals surface area contributed by atoms with Gasteiger partial charge in [0.2, 0.25) is 0 Å². The normalized spacial score (nSPS) is 21.7. The van der Waals surface area contributed by atoms with Crippen LogP contribution < -0.4 is 11.3 Å². The average molecular weight is 291 g/mol. The van der Waals surface area contributed by atoms with E-state index in [9.17, 15) is 0 Å². The third-order valence-corrected chi connectivity index (χ3v) is 5.11. The summed E-state index contributed by atoms with van der Waals surface area (Å²) < 4.78 is 0. The minimum Gasteiger partial charge on any atom is -0.271 e. The molecular formula is C12H16Cl2N2S. The summed E-state index contributed by atoms with van der Waals surface area (Å²) in [6.07, 6.45) is 2.14. The molecule has 2 rings (SSSR count). The van der Waals surface area contributed by atoms with Crippen LogP contribution in [0.4, 0.5) is 0 Å². The van der Waals surface area contributed by atoms with Crippen LogP contribution in [0.3, 0.4) is 0 Å².